The fourth-order valence-corrected chi connectivity index (χ4v) is 3.52. The van der Waals surface area contributed by atoms with Crippen LogP contribution in [0.15, 0.2) is 53.5 Å². The Morgan fingerprint density at radius 1 is 0.969 bits per heavy atom. The van der Waals surface area contributed by atoms with E-state index in [0.717, 1.165) is 25.7 Å². The first-order chi connectivity index (χ1) is 15.3. The number of rotatable bonds is 6. The molecule has 1 heterocycles. The average Bonchev–Trinajstić information content (AvgIpc) is 2.81. The summed E-state index contributed by atoms with van der Waals surface area (Å²) in [7, 11) is 2.94. The SMILES string of the molecule is COCCN1CCN(C(=Nc2ccccc2C(F)(F)F)c2ccc(C(=O)OC)cc2)CC1. The molecular formula is C23H26F3N3O3. The smallest absolute Gasteiger partial charge is 0.418 e. The maximum atomic E-state index is 13.5. The Morgan fingerprint density at radius 3 is 2.19 bits per heavy atom. The largest absolute Gasteiger partial charge is 0.465 e. The quantitative estimate of drug-likeness (QED) is 0.381. The Balaban J connectivity index is 1.96. The van der Waals surface area contributed by atoms with Crippen molar-refractivity contribution in [2.24, 2.45) is 4.99 Å². The molecule has 6 nitrogen and oxygen atoms in total. The van der Waals surface area contributed by atoms with Gasteiger partial charge in [0.1, 0.15) is 5.84 Å². The van der Waals surface area contributed by atoms with Gasteiger partial charge in [0.2, 0.25) is 0 Å². The molecule has 32 heavy (non-hydrogen) atoms. The van der Waals surface area contributed by atoms with Crippen LogP contribution in [-0.4, -0.2) is 75.2 Å². The number of carbonyl (C=O) groups excluding carboxylic acids is 1. The second kappa shape index (κ2) is 10.6. The third-order valence-electron chi connectivity index (χ3n) is 5.28. The van der Waals surface area contributed by atoms with Gasteiger partial charge < -0.3 is 14.4 Å². The summed E-state index contributed by atoms with van der Waals surface area (Å²) in [5, 5.41) is 0. The molecule has 2 aromatic rings. The highest BCUT2D eigenvalue weighted by atomic mass is 19.4. The summed E-state index contributed by atoms with van der Waals surface area (Å²) in [6.07, 6.45) is -4.52. The van der Waals surface area contributed by atoms with Gasteiger partial charge in [0.25, 0.3) is 0 Å². The number of aliphatic imine (C=N–C) groups is 1. The topological polar surface area (TPSA) is 54.4 Å². The zero-order valence-corrected chi connectivity index (χ0v) is 18.1. The van der Waals surface area contributed by atoms with Crippen LogP contribution in [0.5, 0.6) is 0 Å². The van der Waals surface area contributed by atoms with Crippen molar-refractivity contribution in [2.75, 3.05) is 53.6 Å². The standard InChI is InChI=1S/C23H26F3N3O3/c1-31-16-15-28-11-13-29(14-12-28)21(17-7-9-18(10-8-17)22(30)32-2)27-20-6-4-3-5-19(20)23(24,25)26/h3-10H,11-16H2,1-2H3. The molecule has 1 aliphatic heterocycles. The van der Waals surface area contributed by atoms with E-state index in [-0.39, 0.29) is 5.69 Å². The molecule has 9 heteroatoms. The minimum atomic E-state index is -4.52. The van der Waals surface area contributed by atoms with Crippen molar-refractivity contribution in [2.45, 2.75) is 6.18 Å². The van der Waals surface area contributed by atoms with Gasteiger partial charge in [-0.05, 0) is 24.3 Å². The number of carbonyl (C=O) groups is 1. The molecule has 0 saturated carbocycles. The number of nitrogens with zero attached hydrogens (tertiary/aromatic N) is 3. The molecule has 0 radical (unpaired) electrons. The fourth-order valence-electron chi connectivity index (χ4n) is 3.52. The predicted octanol–water partition coefficient (Wildman–Crippen LogP) is 3.83. The molecule has 0 aliphatic carbocycles. The van der Waals surface area contributed by atoms with Crippen LogP contribution in [0.1, 0.15) is 21.5 Å². The van der Waals surface area contributed by atoms with Crippen LogP contribution < -0.4 is 0 Å². The normalized spacial score (nSPS) is 15.7. The number of amidine groups is 1. The van der Waals surface area contributed by atoms with E-state index in [1.165, 1.54) is 25.3 Å². The molecule has 0 spiro atoms. The summed E-state index contributed by atoms with van der Waals surface area (Å²) < 4.78 is 50.5. The molecule has 3 rings (SSSR count). The molecule has 0 unspecified atom stereocenters. The molecule has 1 fully saturated rings. The van der Waals surface area contributed by atoms with Crippen LogP contribution in [0.25, 0.3) is 0 Å². The zero-order valence-electron chi connectivity index (χ0n) is 18.1. The molecule has 0 aromatic heterocycles. The Kier molecular flexibility index (Phi) is 7.87. The fraction of sp³-hybridized carbons (Fsp3) is 0.391. The monoisotopic (exact) mass is 449 g/mol. The third kappa shape index (κ3) is 5.86. The molecule has 0 N–H and O–H groups in total. The van der Waals surface area contributed by atoms with E-state index in [9.17, 15) is 18.0 Å². The second-order valence-corrected chi connectivity index (χ2v) is 7.34. The molecular weight excluding hydrogens is 423 g/mol. The molecule has 0 atom stereocenters. The van der Waals surface area contributed by atoms with Gasteiger partial charge in [0, 0.05) is 45.4 Å². The number of para-hydroxylation sites is 1. The minimum absolute atomic E-state index is 0.145. The van der Waals surface area contributed by atoms with Gasteiger partial charge in [0.15, 0.2) is 0 Å². The Hall–Kier alpha value is -2.91. The van der Waals surface area contributed by atoms with Crippen molar-refractivity contribution >= 4 is 17.5 Å². The van der Waals surface area contributed by atoms with Crippen LogP contribution in [0.2, 0.25) is 0 Å². The van der Waals surface area contributed by atoms with Gasteiger partial charge in [-0.1, -0.05) is 24.3 Å². The zero-order chi connectivity index (χ0) is 23.1. The van der Waals surface area contributed by atoms with Gasteiger partial charge in [-0.25, -0.2) is 9.79 Å². The lowest BCUT2D eigenvalue weighted by atomic mass is 10.1. The molecule has 2 aromatic carbocycles. The highest BCUT2D eigenvalue weighted by Crippen LogP contribution is 2.36. The number of halogens is 3. The molecule has 172 valence electrons. The van der Waals surface area contributed by atoms with Crippen LogP contribution in [0, 0.1) is 0 Å². The summed E-state index contributed by atoms with van der Waals surface area (Å²) in [6.45, 7) is 4.11. The van der Waals surface area contributed by atoms with Gasteiger partial charge >= 0.3 is 12.1 Å². The first-order valence-electron chi connectivity index (χ1n) is 10.2. The highest BCUT2D eigenvalue weighted by molar-refractivity contribution is 6.01. The number of esters is 1. The molecule has 0 bridgehead atoms. The number of benzene rings is 2. The van der Waals surface area contributed by atoms with E-state index in [2.05, 4.69) is 9.89 Å². The summed E-state index contributed by atoms with van der Waals surface area (Å²) >= 11 is 0. The van der Waals surface area contributed by atoms with E-state index >= 15 is 0 Å². The van der Waals surface area contributed by atoms with Crippen LogP contribution in [0.4, 0.5) is 18.9 Å². The Bertz CT molecular complexity index is 937. The van der Waals surface area contributed by atoms with E-state index in [1.807, 2.05) is 4.90 Å². The van der Waals surface area contributed by atoms with Crippen molar-refractivity contribution in [1.29, 1.82) is 0 Å². The van der Waals surface area contributed by atoms with Crippen molar-refractivity contribution in [3.05, 3.63) is 65.2 Å². The lowest BCUT2D eigenvalue weighted by Crippen LogP contribution is -2.49. The average molecular weight is 449 g/mol. The van der Waals surface area contributed by atoms with Crippen LogP contribution >= 0.6 is 0 Å². The second-order valence-electron chi connectivity index (χ2n) is 7.34. The molecule has 1 aliphatic rings. The summed E-state index contributed by atoms with van der Waals surface area (Å²) in [5.41, 5.74) is 0.0481. The van der Waals surface area contributed by atoms with Crippen LogP contribution in [-0.2, 0) is 15.7 Å². The molecule has 0 amide bonds. The van der Waals surface area contributed by atoms with Gasteiger partial charge in [0.05, 0.1) is 30.5 Å². The lowest BCUT2D eigenvalue weighted by molar-refractivity contribution is -0.137. The van der Waals surface area contributed by atoms with E-state index in [4.69, 9.17) is 9.47 Å². The molecule has 1 saturated heterocycles. The third-order valence-corrected chi connectivity index (χ3v) is 5.28. The predicted molar refractivity (Wildman–Crippen MR) is 115 cm³/mol. The first-order valence-corrected chi connectivity index (χ1v) is 10.2. The summed E-state index contributed by atoms with van der Waals surface area (Å²) in [6, 6.07) is 11.8. The maximum absolute atomic E-state index is 13.5. The van der Waals surface area contributed by atoms with Gasteiger partial charge in [-0.2, -0.15) is 13.2 Å². The number of piperazine rings is 1. The number of hydrogen-bond acceptors (Lipinski definition) is 5. The van der Waals surface area contributed by atoms with Crippen molar-refractivity contribution in [1.82, 2.24) is 9.80 Å². The van der Waals surface area contributed by atoms with E-state index in [1.54, 1.807) is 31.4 Å². The Morgan fingerprint density at radius 2 is 1.59 bits per heavy atom. The van der Waals surface area contributed by atoms with Crippen LogP contribution in [0.3, 0.4) is 0 Å². The number of ether oxygens (including phenoxy) is 2. The summed E-state index contributed by atoms with van der Waals surface area (Å²) in [4.78, 5) is 20.4. The van der Waals surface area contributed by atoms with Crippen molar-refractivity contribution < 1.29 is 27.4 Å². The Labute approximate surface area is 185 Å². The maximum Gasteiger partial charge on any atom is 0.418 e. The van der Waals surface area contributed by atoms with Crippen molar-refractivity contribution in [3.8, 4) is 0 Å². The number of methoxy groups -OCH3 is 2. The minimum Gasteiger partial charge on any atom is -0.465 e. The number of alkyl halides is 3. The number of hydrogen-bond donors (Lipinski definition) is 0. The highest BCUT2D eigenvalue weighted by Gasteiger charge is 2.33. The van der Waals surface area contributed by atoms with Gasteiger partial charge in [-0.15, -0.1) is 0 Å². The van der Waals surface area contributed by atoms with E-state index < -0.39 is 17.7 Å². The summed E-state index contributed by atoms with van der Waals surface area (Å²) in [5.74, 6) is -0.0475. The first kappa shape index (κ1) is 23.7. The van der Waals surface area contributed by atoms with E-state index in [0.29, 0.717) is 36.7 Å². The van der Waals surface area contributed by atoms with Crippen molar-refractivity contribution in [3.63, 3.8) is 0 Å². The van der Waals surface area contributed by atoms with Gasteiger partial charge in [-0.3, -0.25) is 4.90 Å². The lowest BCUT2D eigenvalue weighted by Gasteiger charge is -2.36.